The van der Waals surface area contributed by atoms with E-state index in [1.807, 2.05) is 0 Å². The molecule has 1 aliphatic heterocycles. The molecule has 0 saturated heterocycles. The summed E-state index contributed by atoms with van der Waals surface area (Å²) in [5.74, 6) is 1.08. The van der Waals surface area contributed by atoms with E-state index in [1.165, 1.54) is 5.56 Å². The number of benzene rings is 1. The fourth-order valence-corrected chi connectivity index (χ4v) is 2.65. The predicted octanol–water partition coefficient (Wildman–Crippen LogP) is 3.66. The van der Waals surface area contributed by atoms with Gasteiger partial charge in [0.2, 0.25) is 0 Å². The normalized spacial score (nSPS) is 20.2. The number of halogens is 1. The number of amidine groups is 1. The zero-order valence-corrected chi connectivity index (χ0v) is 11.2. The first-order valence-corrected chi connectivity index (χ1v) is 6.67. The van der Waals surface area contributed by atoms with Crippen molar-refractivity contribution in [2.75, 3.05) is 11.1 Å². The highest BCUT2D eigenvalue weighted by atomic mass is 79.9. The minimum atomic E-state index is 0.432. The minimum Gasteiger partial charge on any atom is -0.334 e. The SMILES string of the molecule is Cc1ccc(Br)c(NC2=NC(C)CS2)c1. The highest BCUT2D eigenvalue weighted by Crippen LogP contribution is 2.26. The van der Waals surface area contributed by atoms with Crippen LogP contribution in [0.5, 0.6) is 0 Å². The Balaban J connectivity index is 2.17. The summed E-state index contributed by atoms with van der Waals surface area (Å²) in [6.45, 7) is 4.22. The molecule has 1 N–H and O–H groups in total. The smallest absolute Gasteiger partial charge is 0.161 e. The van der Waals surface area contributed by atoms with Crippen molar-refractivity contribution in [3.8, 4) is 0 Å². The molecule has 0 amide bonds. The molecule has 0 spiro atoms. The number of anilines is 1. The lowest BCUT2D eigenvalue weighted by molar-refractivity contribution is 0.865. The number of aliphatic imine (C=N–C) groups is 1. The molecular formula is C11H13BrN2S. The quantitative estimate of drug-likeness (QED) is 0.851. The van der Waals surface area contributed by atoms with Crippen LogP contribution in [-0.4, -0.2) is 17.0 Å². The van der Waals surface area contributed by atoms with E-state index in [-0.39, 0.29) is 0 Å². The molecule has 0 radical (unpaired) electrons. The van der Waals surface area contributed by atoms with Gasteiger partial charge in [-0.25, -0.2) is 0 Å². The largest absolute Gasteiger partial charge is 0.334 e. The van der Waals surface area contributed by atoms with Crippen LogP contribution in [0.3, 0.4) is 0 Å². The molecule has 1 aliphatic rings. The molecule has 1 heterocycles. The van der Waals surface area contributed by atoms with Gasteiger partial charge in [-0.2, -0.15) is 0 Å². The summed E-state index contributed by atoms with van der Waals surface area (Å²) in [6.07, 6.45) is 0. The number of nitrogens with one attached hydrogen (secondary N) is 1. The van der Waals surface area contributed by atoms with Crippen molar-refractivity contribution in [3.63, 3.8) is 0 Å². The second kappa shape index (κ2) is 4.58. The predicted molar refractivity (Wildman–Crippen MR) is 71.9 cm³/mol. The topological polar surface area (TPSA) is 24.4 Å². The molecule has 15 heavy (non-hydrogen) atoms. The van der Waals surface area contributed by atoms with Crippen molar-refractivity contribution in [1.82, 2.24) is 0 Å². The van der Waals surface area contributed by atoms with Gasteiger partial charge in [-0.1, -0.05) is 17.8 Å². The number of nitrogens with zero attached hydrogens (tertiary/aromatic N) is 1. The van der Waals surface area contributed by atoms with Gasteiger partial charge in [0.05, 0.1) is 11.7 Å². The van der Waals surface area contributed by atoms with Crippen LogP contribution in [0.25, 0.3) is 0 Å². The molecule has 0 saturated carbocycles. The van der Waals surface area contributed by atoms with E-state index in [2.05, 4.69) is 58.3 Å². The average Bonchev–Trinajstić information content (AvgIpc) is 2.58. The average molecular weight is 285 g/mol. The second-order valence-electron chi connectivity index (χ2n) is 3.70. The van der Waals surface area contributed by atoms with E-state index in [0.29, 0.717) is 6.04 Å². The Morgan fingerprint density at radius 2 is 2.33 bits per heavy atom. The molecule has 2 nitrogen and oxygen atoms in total. The van der Waals surface area contributed by atoms with Gasteiger partial charge >= 0.3 is 0 Å². The molecule has 1 aromatic rings. The first-order chi connectivity index (χ1) is 7.15. The van der Waals surface area contributed by atoms with Crippen LogP contribution in [-0.2, 0) is 0 Å². The summed E-state index contributed by atoms with van der Waals surface area (Å²) in [4.78, 5) is 4.50. The Morgan fingerprint density at radius 3 is 3.00 bits per heavy atom. The molecule has 0 bridgehead atoms. The van der Waals surface area contributed by atoms with Gasteiger partial charge in [0.1, 0.15) is 0 Å². The molecule has 2 rings (SSSR count). The third-order valence-corrected chi connectivity index (χ3v) is 3.98. The first-order valence-electron chi connectivity index (χ1n) is 4.89. The van der Waals surface area contributed by atoms with Crippen LogP contribution >= 0.6 is 27.7 Å². The van der Waals surface area contributed by atoms with Gasteiger partial charge in [0.25, 0.3) is 0 Å². The van der Waals surface area contributed by atoms with Gasteiger partial charge in [0.15, 0.2) is 5.17 Å². The van der Waals surface area contributed by atoms with E-state index in [1.54, 1.807) is 11.8 Å². The van der Waals surface area contributed by atoms with E-state index in [0.717, 1.165) is 21.1 Å². The number of thioether (sulfide) groups is 1. The van der Waals surface area contributed by atoms with Gasteiger partial charge < -0.3 is 5.32 Å². The zero-order valence-electron chi connectivity index (χ0n) is 8.75. The van der Waals surface area contributed by atoms with Gasteiger partial charge in [-0.05, 0) is 47.5 Å². The lowest BCUT2D eigenvalue weighted by Crippen LogP contribution is -2.05. The van der Waals surface area contributed by atoms with E-state index >= 15 is 0 Å². The molecule has 0 aromatic heterocycles. The molecule has 80 valence electrons. The van der Waals surface area contributed by atoms with Crippen molar-refractivity contribution >= 4 is 38.5 Å². The second-order valence-corrected chi connectivity index (χ2v) is 5.57. The summed E-state index contributed by atoms with van der Waals surface area (Å²) < 4.78 is 1.08. The third-order valence-electron chi connectivity index (χ3n) is 2.16. The molecule has 1 unspecified atom stereocenters. The fraction of sp³-hybridized carbons (Fsp3) is 0.364. The van der Waals surface area contributed by atoms with Gasteiger partial charge in [-0.3, -0.25) is 4.99 Å². The van der Waals surface area contributed by atoms with E-state index < -0.39 is 0 Å². The maximum absolute atomic E-state index is 4.50. The highest BCUT2D eigenvalue weighted by Gasteiger charge is 2.14. The highest BCUT2D eigenvalue weighted by molar-refractivity contribution is 9.10. The van der Waals surface area contributed by atoms with Crippen LogP contribution in [0, 0.1) is 6.92 Å². The standard InChI is InChI=1S/C11H13BrN2S/c1-7-3-4-9(12)10(5-7)14-11-13-8(2)6-15-11/h3-5,8H,6H2,1-2H3,(H,13,14). The summed E-state index contributed by atoms with van der Waals surface area (Å²) >= 11 is 5.30. The molecule has 1 aromatic carbocycles. The lowest BCUT2D eigenvalue weighted by atomic mass is 10.2. The van der Waals surface area contributed by atoms with E-state index in [4.69, 9.17) is 0 Å². The van der Waals surface area contributed by atoms with Crippen LogP contribution < -0.4 is 5.32 Å². The molecule has 4 heteroatoms. The Labute approximate surface area is 103 Å². The lowest BCUT2D eigenvalue weighted by Gasteiger charge is -2.08. The van der Waals surface area contributed by atoms with Crippen molar-refractivity contribution in [3.05, 3.63) is 28.2 Å². The Morgan fingerprint density at radius 1 is 1.53 bits per heavy atom. The first kappa shape index (κ1) is 11.0. The van der Waals surface area contributed by atoms with Crippen molar-refractivity contribution < 1.29 is 0 Å². The number of hydrogen-bond donors (Lipinski definition) is 1. The Hall–Kier alpha value is -0.480. The van der Waals surface area contributed by atoms with Crippen molar-refractivity contribution in [2.24, 2.45) is 4.99 Å². The monoisotopic (exact) mass is 284 g/mol. The van der Waals surface area contributed by atoms with Gasteiger partial charge in [-0.15, -0.1) is 0 Å². The summed E-state index contributed by atoms with van der Waals surface area (Å²) in [6, 6.07) is 6.69. The maximum Gasteiger partial charge on any atom is 0.161 e. The minimum absolute atomic E-state index is 0.432. The Kier molecular flexibility index (Phi) is 3.36. The van der Waals surface area contributed by atoms with Crippen LogP contribution in [0.1, 0.15) is 12.5 Å². The molecule has 0 fully saturated rings. The van der Waals surface area contributed by atoms with Crippen molar-refractivity contribution in [1.29, 1.82) is 0 Å². The molecule has 0 aliphatic carbocycles. The van der Waals surface area contributed by atoms with Crippen LogP contribution in [0.4, 0.5) is 5.69 Å². The molecular weight excluding hydrogens is 272 g/mol. The Bertz CT molecular complexity index is 404. The van der Waals surface area contributed by atoms with Crippen LogP contribution in [0.15, 0.2) is 27.7 Å². The zero-order chi connectivity index (χ0) is 10.8. The fourth-order valence-electron chi connectivity index (χ4n) is 1.39. The number of hydrogen-bond acceptors (Lipinski definition) is 3. The third kappa shape index (κ3) is 2.75. The van der Waals surface area contributed by atoms with E-state index in [9.17, 15) is 0 Å². The number of rotatable bonds is 1. The van der Waals surface area contributed by atoms with Crippen LogP contribution in [0.2, 0.25) is 0 Å². The van der Waals surface area contributed by atoms with Gasteiger partial charge in [0, 0.05) is 10.2 Å². The molecule has 1 atom stereocenters. The summed E-state index contributed by atoms with van der Waals surface area (Å²) in [5.41, 5.74) is 2.34. The maximum atomic E-state index is 4.50. The number of aryl methyl sites for hydroxylation is 1. The summed E-state index contributed by atoms with van der Waals surface area (Å²) in [5, 5.41) is 4.37. The summed E-state index contributed by atoms with van der Waals surface area (Å²) in [7, 11) is 0. The van der Waals surface area contributed by atoms with Crippen molar-refractivity contribution in [2.45, 2.75) is 19.9 Å².